The molecule has 2 aliphatic carbocycles. The molecule has 3 atom stereocenters. The molecule has 18 heavy (non-hydrogen) atoms. The summed E-state index contributed by atoms with van der Waals surface area (Å²) >= 11 is 0. The second-order valence-corrected chi connectivity index (χ2v) is 4.85. The van der Waals surface area contributed by atoms with Gasteiger partial charge in [0, 0.05) is 12.0 Å². The van der Waals surface area contributed by atoms with E-state index < -0.39 is 5.97 Å². The van der Waals surface area contributed by atoms with Crippen LogP contribution in [0.15, 0.2) is 18.2 Å². The van der Waals surface area contributed by atoms with Crippen LogP contribution in [0.4, 0.5) is 5.82 Å². The van der Waals surface area contributed by atoms with E-state index >= 15 is 0 Å². The zero-order valence-electron chi connectivity index (χ0n) is 9.59. The maximum absolute atomic E-state index is 12.0. The second kappa shape index (κ2) is 3.97. The fraction of sp³-hybridized carbons (Fsp3) is 0.417. The average molecular weight is 247 g/mol. The number of carboxylic acids is 1. The molecule has 0 radical (unpaired) electrons. The van der Waals surface area contributed by atoms with Crippen LogP contribution in [0.1, 0.15) is 23.3 Å². The second-order valence-electron chi connectivity index (χ2n) is 4.85. The van der Waals surface area contributed by atoms with Crippen molar-refractivity contribution in [3.63, 3.8) is 0 Å². The number of aromatic carboxylic acids is 1. The van der Waals surface area contributed by atoms with Gasteiger partial charge < -0.3 is 10.4 Å². The summed E-state index contributed by atoms with van der Waals surface area (Å²) in [6.07, 6.45) is 6.21. The van der Waals surface area contributed by atoms with Gasteiger partial charge in [0.2, 0.25) is 5.91 Å². The Bertz CT molecular complexity index is 534. The van der Waals surface area contributed by atoms with Crippen LogP contribution >= 0.6 is 0 Å². The molecule has 6 nitrogen and oxygen atoms in total. The minimum atomic E-state index is -1.09. The number of hydrogen-bond donors (Lipinski definition) is 3. The first-order valence-electron chi connectivity index (χ1n) is 5.91. The number of carbonyl (C=O) groups is 2. The molecule has 0 aliphatic heterocycles. The SMILES string of the molecule is O=C(O)c1cc(NC(=O)C2CC3C=CC2C3)n[nH]1. The van der Waals surface area contributed by atoms with Crippen LogP contribution in [0.5, 0.6) is 0 Å². The van der Waals surface area contributed by atoms with E-state index in [0.29, 0.717) is 11.8 Å². The van der Waals surface area contributed by atoms with Gasteiger partial charge in [-0.1, -0.05) is 12.2 Å². The van der Waals surface area contributed by atoms with E-state index in [1.165, 1.54) is 6.07 Å². The maximum atomic E-state index is 12.0. The number of aromatic amines is 1. The number of hydrogen-bond acceptors (Lipinski definition) is 3. The molecule has 1 saturated carbocycles. The van der Waals surface area contributed by atoms with Gasteiger partial charge in [-0.15, -0.1) is 0 Å². The van der Waals surface area contributed by atoms with Gasteiger partial charge in [-0.05, 0) is 24.7 Å². The largest absolute Gasteiger partial charge is 0.477 e. The van der Waals surface area contributed by atoms with Gasteiger partial charge in [0.05, 0.1) is 0 Å². The quantitative estimate of drug-likeness (QED) is 0.701. The number of amides is 1. The first kappa shape index (κ1) is 11.0. The summed E-state index contributed by atoms with van der Waals surface area (Å²) in [5.41, 5.74) is -0.0295. The smallest absolute Gasteiger partial charge is 0.353 e. The van der Waals surface area contributed by atoms with E-state index in [1.807, 2.05) is 0 Å². The van der Waals surface area contributed by atoms with Crippen LogP contribution in [0.25, 0.3) is 0 Å². The summed E-state index contributed by atoms with van der Waals surface area (Å²) in [6.45, 7) is 0. The molecule has 3 N–H and O–H groups in total. The van der Waals surface area contributed by atoms with E-state index in [4.69, 9.17) is 5.11 Å². The molecular weight excluding hydrogens is 234 g/mol. The molecule has 0 spiro atoms. The number of rotatable bonds is 3. The van der Waals surface area contributed by atoms with Crippen molar-refractivity contribution < 1.29 is 14.7 Å². The zero-order chi connectivity index (χ0) is 12.7. The average Bonchev–Trinajstić information content (AvgIpc) is 3.03. The minimum Gasteiger partial charge on any atom is -0.477 e. The van der Waals surface area contributed by atoms with Crippen LogP contribution < -0.4 is 5.32 Å². The highest BCUT2D eigenvalue weighted by Crippen LogP contribution is 2.43. The summed E-state index contributed by atoms with van der Waals surface area (Å²) < 4.78 is 0. The Hall–Kier alpha value is -2.11. The van der Waals surface area contributed by atoms with Crippen LogP contribution in [0.2, 0.25) is 0 Å². The van der Waals surface area contributed by atoms with Crippen LogP contribution in [0, 0.1) is 17.8 Å². The lowest BCUT2D eigenvalue weighted by atomic mass is 9.93. The van der Waals surface area contributed by atoms with Crippen LogP contribution in [-0.4, -0.2) is 27.2 Å². The van der Waals surface area contributed by atoms with Crippen molar-refractivity contribution in [1.82, 2.24) is 10.2 Å². The van der Waals surface area contributed by atoms with Gasteiger partial charge in [-0.25, -0.2) is 4.79 Å². The Morgan fingerprint density at radius 3 is 2.78 bits per heavy atom. The number of nitrogens with zero attached hydrogens (tertiary/aromatic N) is 1. The number of aromatic nitrogens is 2. The van der Waals surface area contributed by atoms with E-state index in [1.54, 1.807) is 0 Å². The Kier molecular flexibility index (Phi) is 2.43. The molecule has 3 rings (SSSR count). The molecule has 1 aromatic heterocycles. The van der Waals surface area contributed by atoms with Crippen molar-refractivity contribution in [2.24, 2.45) is 17.8 Å². The number of allylic oxidation sites excluding steroid dienone is 2. The normalized spacial score (nSPS) is 28.6. The molecule has 1 heterocycles. The number of H-pyrrole nitrogens is 1. The fourth-order valence-electron chi connectivity index (χ4n) is 2.80. The lowest BCUT2D eigenvalue weighted by Crippen LogP contribution is -2.26. The highest BCUT2D eigenvalue weighted by Gasteiger charge is 2.39. The number of anilines is 1. The summed E-state index contributed by atoms with van der Waals surface area (Å²) in [5.74, 6) is -0.0531. The number of nitrogens with one attached hydrogen (secondary N) is 2. The van der Waals surface area contributed by atoms with Gasteiger partial charge in [0.15, 0.2) is 5.82 Å². The first-order valence-corrected chi connectivity index (χ1v) is 5.91. The molecule has 1 amide bonds. The molecule has 0 saturated heterocycles. The highest BCUT2D eigenvalue weighted by molar-refractivity contribution is 5.94. The van der Waals surface area contributed by atoms with Gasteiger partial charge in [0.1, 0.15) is 5.69 Å². The van der Waals surface area contributed by atoms with Crippen LogP contribution in [0.3, 0.4) is 0 Å². The molecule has 0 aromatic carbocycles. The third kappa shape index (κ3) is 1.79. The zero-order valence-corrected chi connectivity index (χ0v) is 9.59. The van der Waals surface area contributed by atoms with Gasteiger partial charge in [0.25, 0.3) is 0 Å². The van der Waals surface area contributed by atoms with E-state index in [-0.39, 0.29) is 23.3 Å². The predicted octanol–water partition coefficient (Wildman–Crippen LogP) is 1.26. The molecule has 6 heteroatoms. The molecule has 1 aromatic rings. The number of carbonyl (C=O) groups excluding carboxylic acids is 1. The molecule has 2 aliphatic rings. The van der Waals surface area contributed by atoms with Crippen molar-refractivity contribution in [3.8, 4) is 0 Å². The minimum absolute atomic E-state index is 0.00928. The fourth-order valence-corrected chi connectivity index (χ4v) is 2.80. The summed E-state index contributed by atoms with van der Waals surface area (Å²) in [5, 5.41) is 17.5. The van der Waals surface area contributed by atoms with Crippen molar-refractivity contribution >= 4 is 17.7 Å². The summed E-state index contributed by atoms with van der Waals surface area (Å²) in [7, 11) is 0. The topological polar surface area (TPSA) is 95.1 Å². The molecule has 3 unspecified atom stereocenters. The van der Waals surface area contributed by atoms with Gasteiger partial charge >= 0.3 is 5.97 Å². The standard InChI is InChI=1S/C12H13N3O3/c16-11(8-4-6-1-2-7(8)3-6)13-10-5-9(12(17)18)14-15-10/h1-2,5-8H,3-4H2,(H,17,18)(H2,13,14,15,16). The third-order valence-electron chi connectivity index (χ3n) is 3.68. The molecular formula is C12H13N3O3. The molecule has 94 valence electrons. The summed E-state index contributed by atoms with van der Waals surface area (Å²) in [6, 6.07) is 1.32. The lowest BCUT2D eigenvalue weighted by Gasteiger charge is -2.16. The predicted molar refractivity (Wildman–Crippen MR) is 63.0 cm³/mol. The van der Waals surface area contributed by atoms with Crippen molar-refractivity contribution in [2.75, 3.05) is 5.32 Å². The van der Waals surface area contributed by atoms with Crippen molar-refractivity contribution in [3.05, 3.63) is 23.9 Å². The van der Waals surface area contributed by atoms with E-state index in [2.05, 4.69) is 27.7 Å². The van der Waals surface area contributed by atoms with E-state index in [9.17, 15) is 9.59 Å². The molecule has 2 bridgehead atoms. The van der Waals surface area contributed by atoms with Crippen molar-refractivity contribution in [2.45, 2.75) is 12.8 Å². The van der Waals surface area contributed by atoms with Gasteiger partial charge in [-0.3, -0.25) is 9.89 Å². The lowest BCUT2D eigenvalue weighted by molar-refractivity contribution is -0.120. The maximum Gasteiger partial charge on any atom is 0.353 e. The highest BCUT2D eigenvalue weighted by atomic mass is 16.4. The Morgan fingerprint density at radius 2 is 2.22 bits per heavy atom. The van der Waals surface area contributed by atoms with Crippen LogP contribution in [-0.2, 0) is 4.79 Å². The number of carboxylic acid groups (broad SMARTS) is 1. The third-order valence-corrected chi connectivity index (χ3v) is 3.68. The Labute approximate surface area is 103 Å². The Balaban J connectivity index is 1.67. The van der Waals surface area contributed by atoms with E-state index in [0.717, 1.165) is 12.8 Å². The van der Waals surface area contributed by atoms with Crippen molar-refractivity contribution in [1.29, 1.82) is 0 Å². The monoisotopic (exact) mass is 247 g/mol. The number of fused-ring (bicyclic) bond motifs is 2. The Morgan fingerprint density at radius 1 is 1.39 bits per heavy atom. The van der Waals surface area contributed by atoms with Gasteiger partial charge in [-0.2, -0.15) is 5.10 Å². The molecule has 1 fully saturated rings. The first-order chi connectivity index (χ1) is 8.63. The summed E-state index contributed by atoms with van der Waals surface area (Å²) in [4.78, 5) is 22.7.